The zero-order valence-corrected chi connectivity index (χ0v) is 17.9. The Labute approximate surface area is 179 Å². The first-order chi connectivity index (χ1) is 14.5. The molecule has 8 nitrogen and oxygen atoms in total. The monoisotopic (exact) mass is 424 g/mol. The van der Waals surface area contributed by atoms with E-state index in [0.29, 0.717) is 29.7 Å². The number of pyridine rings is 1. The summed E-state index contributed by atoms with van der Waals surface area (Å²) in [4.78, 5) is 35.4. The number of thiazole rings is 1. The quantitative estimate of drug-likeness (QED) is 0.680. The van der Waals surface area contributed by atoms with Crippen LogP contribution in [0.15, 0.2) is 36.0 Å². The molecule has 4 rings (SSSR count). The summed E-state index contributed by atoms with van der Waals surface area (Å²) in [6.45, 7) is 5.59. The summed E-state index contributed by atoms with van der Waals surface area (Å²) in [5, 5.41) is 9.52. The van der Waals surface area contributed by atoms with Gasteiger partial charge in [-0.05, 0) is 44.9 Å². The summed E-state index contributed by atoms with van der Waals surface area (Å²) in [6, 6.07) is 5.69. The number of carbonyl (C=O) groups is 2. The number of carbonyl (C=O) groups excluding carboxylic acids is 2. The van der Waals surface area contributed by atoms with Crippen LogP contribution in [0.2, 0.25) is 0 Å². The zero-order valence-electron chi connectivity index (χ0n) is 17.0. The van der Waals surface area contributed by atoms with E-state index in [9.17, 15) is 9.59 Å². The molecule has 0 radical (unpaired) electrons. The van der Waals surface area contributed by atoms with Gasteiger partial charge in [0, 0.05) is 48.2 Å². The number of aryl methyl sites for hydroxylation is 2. The Hall–Kier alpha value is -3.07. The number of hydrogen-bond donors (Lipinski definition) is 1. The van der Waals surface area contributed by atoms with Gasteiger partial charge in [0.05, 0.1) is 11.3 Å². The molecular formula is C21H24N6O2S. The Morgan fingerprint density at radius 1 is 1.20 bits per heavy atom. The fourth-order valence-electron chi connectivity index (χ4n) is 3.72. The van der Waals surface area contributed by atoms with Gasteiger partial charge in [0.25, 0.3) is 5.91 Å². The first-order valence-electron chi connectivity index (χ1n) is 9.95. The molecule has 156 valence electrons. The number of nitrogens with one attached hydrogen (secondary N) is 1. The molecule has 1 N–H and O–H groups in total. The first-order valence-corrected chi connectivity index (χ1v) is 10.8. The highest BCUT2D eigenvalue weighted by atomic mass is 32.1. The standard InChI is InChI=1S/C21H24N6O2S/c1-14-11-15(2)27(25-14)13-19(28)26-8-5-16(6-9-26)18-4-3-17(12-23-18)20(29)24-21-22-7-10-30-21/h3-4,7,10-12,16H,5-6,8-9,13H2,1-2H3,(H,22,24,29). The van der Waals surface area contributed by atoms with Gasteiger partial charge in [0.15, 0.2) is 5.13 Å². The number of aromatic nitrogens is 4. The topological polar surface area (TPSA) is 93.0 Å². The molecule has 30 heavy (non-hydrogen) atoms. The van der Waals surface area contributed by atoms with Gasteiger partial charge in [-0.3, -0.25) is 24.6 Å². The van der Waals surface area contributed by atoms with E-state index in [1.807, 2.05) is 36.3 Å². The molecule has 4 heterocycles. The normalized spacial score (nSPS) is 14.7. The van der Waals surface area contributed by atoms with Crippen molar-refractivity contribution in [3.8, 4) is 0 Å². The van der Waals surface area contributed by atoms with Gasteiger partial charge >= 0.3 is 0 Å². The number of rotatable bonds is 5. The molecule has 0 unspecified atom stereocenters. The van der Waals surface area contributed by atoms with Crippen molar-refractivity contribution in [2.24, 2.45) is 0 Å². The van der Waals surface area contributed by atoms with Gasteiger partial charge in [-0.1, -0.05) is 0 Å². The lowest BCUT2D eigenvalue weighted by Gasteiger charge is -2.32. The third-order valence-corrected chi connectivity index (χ3v) is 6.04. The van der Waals surface area contributed by atoms with Crippen molar-refractivity contribution in [2.75, 3.05) is 18.4 Å². The van der Waals surface area contributed by atoms with E-state index in [1.165, 1.54) is 11.3 Å². The van der Waals surface area contributed by atoms with Gasteiger partial charge in [0.2, 0.25) is 5.91 Å². The maximum Gasteiger partial charge on any atom is 0.259 e. The maximum atomic E-state index is 12.6. The largest absolute Gasteiger partial charge is 0.341 e. The number of anilines is 1. The Bertz CT molecular complexity index is 1020. The van der Waals surface area contributed by atoms with Crippen molar-refractivity contribution in [2.45, 2.75) is 39.2 Å². The lowest BCUT2D eigenvalue weighted by Crippen LogP contribution is -2.40. The molecule has 3 aromatic heterocycles. The van der Waals surface area contributed by atoms with Crippen LogP contribution in [0.5, 0.6) is 0 Å². The van der Waals surface area contributed by atoms with Crippen molar-refractivity contribution < 1.29 is 9.59 Å². The zero-order chi connectivity index (χ0) is 21.1. The van der Waals surface area contributed by atoms with E-state index in [0.717, 1.165) is 29.9 Å². The molecule has 0 aromatic carbocycles. The SMILES string of the molecule is Cc1cc(C)n(CC(=O)N2CCC(c3ccc(C(=O)Nc4nccs4)cn3)CC2)n1. The summed E-state index contributed by atoms with van der Waals surface area (Å²) < 4.78 is 1.76. The van der Waals surface area contributed by atoms with Crippen molar-refractivity contribution in [3.05, 3.63) is 58.6 Å². The molecule has 0 aliphatic carbocycles. The average Bonchev–Trinajstić information content (AvgIpc) is 3.37. The lowest BCUT2D eigenvalue weighted by atomic mass is 9.92. The van der Waals surface area contributed by atoms with Gasteiger partial charge in [0.1, 0.15) is 6.54 Å². The van der Waals surface area contributed by atoms with Gasteiger partial charge in [-0.25, -0.2) is 4.98 Å². The molecule has 1 aliphatic heterocycles. The summed E-state index contributed by atoms with van der Waals surface area (Å²) in [7, 11) is 0. The molecule has 0 bridgehead atoms. The molecule has 9 heteroatoms. The highest BCUT2D eigenvalue weighted by Crippen LogP contribution is 2.27. The number of likely N-dealkylation sites (tertiary alicyclic amines) is 1. The summed E-state index contributed by atoms with van der Waals surface area (Å²) >= 11 is 1.38. The van der Waals surface area contributed by atoms with Crippen LogP contribution in [0.4, 0.5) is 5.13 Å². The van der Waals surface area contributed by atoms with E-state index in [2.05, 4.69) is 20.4 Å². The van der Waals surface area contributed by atoms with Gasteiger partial charge in [-0.15, -0.1) is 11.3 Å². The Kier molecular flexibility index (Phi) is 5.89. The van der Waals surface area contributed by atoms with Crippen LogP contribution >= 0.6 is 11.3 Å². The molecule has 3 aromatic rings. The molecule has 0 saturated carbocycles. The van der Waals surface area contributed by atoms with E-state index in [4.69, 9.17) is 0 Å². The maximum absolute atomic E-state index is 12.6. The minimum atomic E-state index is -0.214. The van der Waals surface area contributed by atoms with Crippen molar-refractivity contribution in [1.29, 1.82) is 0 Å². The second-order valence-corrected chi connectivity index (χ2v) is 8.40. The van der Waals surface area contributed by atoms with Crippen LogP contribution in [0.3, 0.4) is 0 Å². The molecule has 1 saturated heterocycles. The molecule has 1 aliphatic rings. The third-order valence-electron chi connectivity index (χ3n) is 5.36. The minimum absolute atomic E-state index is 0.0989. The van der Waals surface area contributed by atoms with Crippen molar-refractivity contribution in [1.82, 2.24) is 24.6 Å². The summed E-state index contributed by atoms with van der Waals surface area (Å²) in [5.74, 6) is 0.175. The van der Waals surface area contributed by atoms with Crippen molar-refractivity contribution in [3.63, 3.8) is 0 Å². The number of amides is 2. The highest BCUT2D eigenvalue weighted by Gasteiger charge is 2.25. The van der Waals surface area contributed by atoms with Crippen LogP contribution in [0, 0.1) is 13.8 Å². The highest BCUT2D eigenvalue weighted by molar-refractivity contribution is 7.13. The predicted molar refractivity (Wildman–Crippen MR) is 115 cm³/mol. The van der Waals surface area contributed by atoms with Crippen LogP contribution in [-0.4, -0.2) is 49.6 Å². The van der Waals surface area contributed by atoms with Crippen molar-refractivity contribution >= 4 is 28.3 Å². The Morgan fingerprint density at radius 2 is 2.00 bits per heavy atom. The number of piperidine rings is 1. The van der Waals surface area contributed by atoms with Crippen LogP contribution in [-0.2, 0) is 11.3 Å². The van der Waals surface area contributed by atoms with E-state index in [1.54, 1.807) is 23.1 Å². The fraction of sp³-hybridized carbons (Fsp3) is 0.381. The van der Waals surface area contributed by atoms with E-state index >= 15 is 0 Å². The lowest BCUT2D eigenvalue weighted by molar-refractivity contribution is -0.133. The van der Waals surface area contributed by atoms with Gasteiger partial charge < -0.3 is 4.90 Å². The molecule has 0 atom stereocenters. The number of hydrogen-bond acceptors (Lipinski definition) is 6. The molecule has 1 fully saturated rings. The Morgan fingerprint density at radius 3 is 2.60 bits per heavy atom. The second kappa shape index (κ2) is 8.74. The third kappa shape index (κ3) is 4.56. The molecule has 2 amide bonds. The average molecular weight is 425 g/mol. The summed E-state index contributed by atoms with van der Waals surface area (Å²) in [6.07, 6.45) is 4.98. The van der Waals surface area contributed by atoms with Crippen LogP contribution in [0.25, 0.3) is 0 Å². The molecule has 0 spiro atoms. The van der Waals surface area contributed by atoms with Gasteiger partial charge in [-0.2, -0.15) is 5.10 Å². The Balaban J connectivity index is 1.31. The van der Waals surface area contributed by atoms with E-state index in [-0.39, 0.29) is 18.4 Å². The molecular weight excluding hydrogens is 400 g/mol. The van der Waals surface area contributed by atoms with Crippen LogP contribution < -0.4 is 5.32 Å². The fourth-order valence-corrected chi connectivity index (χ4v) is 4.25. The van der Waals surface area contributed by atoms with E-state index < -0.39 is 0 Å². The smallest absolute Gasteiger partial charge is 0.259 e. The second-order valence-electron chi connectivity index (χ2n) is 7.50. The first kappa shape index (κ1) is 20.2. The predicted octanol–water partition coefficient (Wildman–Crippen LogP) is 3.01. The number of nitrogens with zero attached hydrogens (tertiary/aromatic N) is 5. The minimum Gasteiger partial charge on any atom is -0.341 e. The van der Waals surface area contributed by atoms with Crippen LogP contribution in [0.1, 0.15) is 46.2 Å². The summed E-state index contributed by atoms with van der Waals surface area (Å²) in [5.41, 5.74) is 3.39.